The lowest BCUT2D eigenvalue weighted by atomic mass is 10.0. The fraction of sp³-hybridized carbons (Fsp3) is 0.250. The summed E-state index contributed by atoms with van der Waals surface area (Å²) in [6, 6.07) is 14.0. The molecule has 0 fully saturated rings. The van der Waals surface area contributed by atoms with Crippen LogP contribution in [0.3, 0.4) is 0 Å². The van der Waals surface area contributed by atoms with Crippen molar-refractivity contribution in [3.8, 4) is 11.8 Å². The Balaban J connectivity index is 1.54. The number of thioether (sulfide) groups is 1. The van der Waals surface area contributed by atoms with Crippen LogP contribution in [0.1, 0.15) is 29.8 Å². The number of fused-ring (bicyclic) bond motifs is 1. The molecule has 1 N–H and O–H groups in total. The number of hydrogen-bond acceptors (Lipinski definition) is 5. The highest BCUT2D eigenvalue weighted by atomic mass is 32.2. The van der Waals surface area contributed by atoms with Crippen molar-refractivity contribution in [2.45, 2.75) is 30.8 Å². The number of hydrogen-bond donors (Lipinski definition) is 1. The van der Waals surface area contributed by atoms with Crippen LogP contribution < -0.4 is 5.32 Å². The van der Waals surface area contributed by atoms with Crippen molar-refractivity contribution in [2.24, 2.45) is 0 Å². The van der Waals surface area contributed by atoms with Gasteiger partial charge < -0.3 is 5.32 Å². The van der Waals surface area contributed by atoms with E-state index in [-0.39, 0.29) is 11.7 Å². The van der Waals surface area contributed by atoms with Gasteiger partial charge in [-0.3, -0.25) is 9.36 Å². The number of aromatic nitrogens is 2. The molecule has 0 saturated carbocycles. The molecular weight excluding hydrogens is 376 g/mol. The SMILES string of the molecule is N#Cc1ccsc1NC(=O)CSc1nc2c(n1-c1ccccc1)CCCC2. The highest BCUT2D eigenvalue weighted by Gasteiger charge is 2.22. The van der Waals surface area contributed by atoms with E-state index in [1.165, 1.54) is 41.6 Å². The van der Waals surface area contributed by atoms with E-state index in [0.717, 1.165) is 29.4 Å². The lowest BCUT2D eigenvalue weighted by Gasteiger charge is -2.15. The van der Waals surface area contributed by atoms with Gasteiger partial charge in [-0.05, 0) is 49.3 Å². The molecule has 0 unspecified atom stereocenters. The number of carbonyl (C=O) groups is 1. The molecule has 0 saturated heterocycles. The maximum absolute atomic E-state index is 12.4. The largest absolute Gasteiger partial charge is 0.316 e. The molecule has 0 bridgehead atoms. The van der Waals surface area contributed by atoms with Gasteiger partial charge in [0.15, 0.2) is 5.16 Å². The molecule has 136 valence electrons. The van der Waals surface area contributed by atoms with Crippen LogP contribution in [-0.2, 0) is 17.6 Å². The molecule has 1 amide bonds. The van der Waals surface area contributed by atoms with Gasteiger partial charge in [0.05, 0.1) is 17.0 Å². The molecule has 1 aromatic carbocycles. The molecule has 0 radical (unpaired) electrons. The van der Waals surface area contributed by atoms with Crippen molar-refractivity contribution in [1.29, 1.82) is 5.26 Å². The van der Waals surface area contributed by atoms with Crippen LogP contribution in [0.15, 0.2) is 46.9 Å². The molecule has 2 heterocycles. The Morgan fingerprint density at radius 1 is 1.26 bits per heavy atom. The second-order valence-electron chi connectivity index (χ2n) is 6.28. The molecule has 0 atom stereocenters. The summed E-state index contributed by atoms with van der Waals surface area (Å²) < 4.78 is 2.19. The zero-order valence-corrected chi connectivity index (χ0v) is 16.3. The van der Waals surface area contributed by atoms with Crippen molar-refractivity contribution in [1.82, 2.24) is 9.55 Å². The number of aryl methyl sites for hydroxylation is 1. The normalized spacial score (nSPS) is 13.0. The summed E-state index contributed by atoms with van der Waals surface area (Å²) in [6.07, 6.45) is 4.35. The first-order chi connectivity index (χ1) is 13.3. The van der Waals surface area contributed by atoms with E-state index in [1.807, 2.05) is 18.2 Å². The van der Waals surface area contributed by atoms with Gasteiger partial charge in [0.25, 0.3) is 0 Å². The molecule has 7 heteroatoms. The van der Waals surface area contributed by atoms with Crippen LogP contribution in [-0.4, -0.2) is 21.2 Å². The number of benzene rings is 1. The molecule has 27 heavy (non-hydrogen) atoms. The first-order valence-corrected chi connectivity index (χ1v) is 10.7. The van der Waals surface area contributed by atoms with Crippen molar-refractivity contribution in [3.05, 3.63) is 58.7 Å². The van der Waals surface area contributed by atoms with Crippen LogP contribution in [0.5, 0.6) is 0 Å². The number of imidazole rings is 1. The minimum atomic E-state index is -0.125. The highest BCUT2D eigenvalue weighted by molar-refractivity contribution is 7.99. The Morgan fingerprint density at radius 3 is 2.89 bits per heavy atom. The number of anilines is 1. The van der Waals surface area contributed by atoms with E-state index >= 15 is 0 Å². The van der Waals surface area contributed by atoms with Crippen molar-refractivity contribution in [2.75, 3.05) is 11.1 Å². The van der Waals surface area contributed by atoms with Gasteiger partial charge in [-0.2, -0.15) is 5.26 Å². The monoisotopic (exact) mass is 394 g/mol. The zero-order valence-electron chi connectivity index (χ0n) is 14.6. The maximum Gasteiger partial charge on any atom is 0.235 e. The lowest BCUT2D eigenvalue weighted by molar-refractivity contribution is -0.113. The molecule has 5 nitrogen and oxygen atoms in total. The number of rotatable bonds is 5. The smallest absolute Gasteiger partial charge is 0.235 e. The molecule has 1 aliphatic carbocycles. The quantitative estimate of drug-likeness (QED) is 0.651. The number of nitrogens with zero attached hydrogens (tertiary/aromatic N) is 3. The van der Waals surface area contributed by atoms with Crippen LogP contribution >= 0.6 is 23.1 Å². The van der Waals surface area contributed by atoms with Gasteiger partial charge >= 0.3 is 0 Å². The zero-order chi connectivity index (χ0) is 18.6. The van der Waals surface area contributed by atoms with E-state index < -0.39 is 0 Å². The molecule has 2 aromatic heterocycles. The summed E-state index contributed by atoms with van der Waals surface area (Å²) in [7, 11) is 0. The molecule has 3 aromatic rings. The molecule has 1 aliphatic rings. The Kier molecular flexibility index (Phi) is 5.28. The molecule has 0 spiro atoms. The summed E-state index contributed by atoms with van der Waals surface area (Å²) in [6.45, 7) is 0. The lowest BCUT2D eigenvalue weighted by Crippen LogP contribution is -2.14. The van der Waals surface area contributed by atoms with Gasteiger partial charge in [0.2, 0.25) is 5.91 Å². The summed E-state index contributed by atoms with van der Waals surface area (Å²) in [4.78, 5) is 17.2. The van der Waals surface area contributed by atoms with Crippen LogP contribution in [0, 0.1) is 11.3 Å². The Labute approximate surface area is 166 Å². The topological polar surface area (TPSA) is 70.7 Å². The summed E-state index contributed by atoms with van der Waals surface area (Å²) in [5, 5.41) is 15.2. The van der Waals surface area contributed by atoms with Gasteiger partial charge in [0, 0.05) is 11.4 Å². The van der Waals surface area contributed by atoms with E-state index in [2.05, 4.69) is 28.1 Å². The van der Waals surface area contributed by atoms with Crippen LogP contribution in [0.25, 0.3) is 5.69 Å². The Morgan fingerprint density at radius 2 is 2.07 bits per heavy atom. The molecule has 0 aliphatic heterocycles. The fourth-order valence-corrected chi connectivity index (χ4v) is 4.85. The van der Waals surface area contributed by atoms with Crippen molar-refractivity contribution < 1.29 is 4.79 Å². The molecular formula is C20H18N4OS2. The Bertz CT molecular complexity index is 1000. The first kappa shape index (κ1) is 17.8. The number of carbonyl (C=O) groups excluding carboxylic acids is 1. The van der Waals surface area contributed by atoms with Crippen LogP contribution in [0.2, 0.25) is 0 Å². The second-order valence-corrected chi connectivity index (χ2v) is 8.14. The molecule has 4 rings (SSSR count). The predicted octanol–water partition coefficient (Wildman–Crippen LogP) is 4.42. The number of nitriles is 1. The Hall–Kier alpha value is -2.56. The third-order valence-electron chi connectivity index (χ3n) is 4.49. The van der Waals surface area contributed by atoms with E-state index in [4.69, 9.17) is 10.2 Å². The van der Waals surface area contributed by atoms with Crippen molar-refractivity contribution >= 4 is 34.0 Å². The predicted molar refractivity (Wildman–Crippen MR) is 109 cm³/mol. The maximum atomic E-state index is 12.4. The van der Waals surface area contributed by atoms with E-state index in [9.17, 15) is 4.79 Å². The summed E-state index contributed by atoms with van der Waals surface area (Å²) >= 11 is 2.80. The van der Waals surface area contributed by atoms with E-state index in [0.29, 0.717) is 10.6 Å². The van der Waals surface area contributed by atoms with Crippen molar-refractivity contribution in [3.63, 3.8) is 0 Å². The standard InChI is InChI=1S/C20H18N4OS2/c21-12-14-10-11-26-19(14)23-18(25)13-27-20-22-16-8-4-5-9-17(16)24(20)15-6-2-1-3-7-15/h1-3,6-7,10-11H,4-5,8-9,13H2,(H,23,25). The van der Waals surface area contributed by atoms with Gasteiger partial charge in [0.1, 0.15) is 11.1 Å². The number of nitrogens with one attached hydrogen (secondary N) is 1. The second kappa shape index (κ2) is 7.99. The fourth-order valence-electron chi connectivity index (χ4n) is 3.24. The third-order valence-corrected chi connectivity index (χ3v) is 6.26. The van der Waals surface area contributed by atoms with E-state index in [1.54, 1.807) is 11.4 Å². The van der Waals surface area contributed by atoms with Gasteiger partial charge in [-0.15, -0.1) is 11.3 Å². The minimum Gasteiger partial charge on any atom is -0.316 e. The first-order valence-electron chi connectivity index (χ1n) is 8.82. The number of amides is 1. The number of para-hydroxylation sites is 1. The minimum absolute atomic E-state index is 0.125. The summed E-state index contributed by atoms with van der Waals surface area (Å²) in [5.41, 5.74) is 4.00. The number of thiophene rings is 1. The average molecular weight is 395 g/mol. The summed E-state index contributed by atoms with van der Waals surface area (Å²) in [5.74, 6) is 0.130. The van der Waals surface area contributed by atoms with Crippen LogP contribution in [0.4, 0.5) is 5.00 Å². The van der Waals surface area contributed by atoms with Gasteiger partial charge in [-0.1, -0.05) is 30.0 Å². The average Bonchev–Trinajstić information content (AvgIpc) is 3.30. The highest BCUT2D eigenvalue weighted by Crippen LogP contribution is 2.31. The van der Waals surface area contributed by atoms with Gasteiger partial charge in [-0.25, -0.2) is 4.98 Å². The third kappa shape index (κ3) is 3.77.